The van der Waals surface area contributed by atoms with Crippen LogP contribution in [0.4, 0.5) is 4.79 Å². The summed E-state index contributed by atoms with van der Waals surface area (Å²) in [5.41, 5.74) is 0. The Bertz CT molecular complexity index is 157. The molecule has 0 atom stereocenters. The highest BCUT2D eigenvalue weighted by molar-refractivity contribution is 5.85. The van der Waals surface area contributed by atoms with Crippen LogP contribution in [0.15, 0.2) is 0 Å². The van der Waals surface area contributed by atoms with Gasteiger partial charge in [-0.15, -0.1) is 12.4 Å². The lowest BCUT2D eigenvalue weighted by Gasteiger charge is -2.32. The predicted molar refractivity (Wildman–Crippen MR) is 55.4 cm³/mol. The Labute approximate surface area is 85.7 Å². The van der Waals surface area contributed by atoms with E-state index in [1.807, 2.05) is 11.8 Å². The number of amides is 2. The lowest BCUT2D eigenvalue weighted by atomic mass is 10.3. The molecule has 1 aliphatic rings. The van der Waals surface area contributed by atoms with E-state index in [9.17, 15) is 4.79 Å². The molecule has 1 saturated heterocycles. The van der Waals surface area contributed by atoms with Crippen LogP contribution in [0.3, 0.4) is 0 Å². The van der Waals surface area contributed by atoms with Gasteiger partial charge in [0, 0.05) is 32.7 Å². The third-order valence-corrected chi connectivity index (χ3v) is 2.12. The molecule has 4 nitrogen and oxygen atoms in total. The molecule has 13 heavy (non-hydrogen) atoms. The number of nitrogens with one attached hydrogen (secondary N) is 1. The Hall–Kier alpha value is -0.480. The first-order chi connectivity index (χ1) is 5.74. The molecule has 0 saturated carbocycles. The fourth-order valence-electron chi connectivity index (χ4n) is 1.27. The standard InChI is InChI=1S/C8H17N3O.ClH/c1-3-9-8(12)11-6-4-10(2)5-7-11;/h3-7H2,1-2H3,(H,9,12);1H. The van der Waals surface area contributed by atoms with Crippen molar-refractivity contribution in [1.29, 1.82) is 0 Å². The molecule has 0 radical (unpaired) electrons. The zero-order chi connectivity index (χ0) is 8.97. The Morgan fingerprint density at radius 2 is 1.85 bits per heavy atom. The first kappa shape index (κ1) is 12.5. The van der Waals surface area contributed by atoms with Gasteiger partial charge in [-0.25, -0.2) is 4.79 Å². The molecule has 0 aromatic rings. The summed E-state index contributed by atoms with van der Waals surface area (Å²) in [5.74, 6) is 0. The zero-order valence-electron chi connectivity index (χ0n) is 8.25. The van der Waals surface area contributed by atoms with Gasteiger partial charge in [-0.05, 0) is 14.0 Å². The van der Waals surface area contributed by atoms with Crippen LogP contribution in [0.5, 0.6) is 0 Å². The number of hydrogen-bond acceptors (Lipinski definition) is 2. The molecule has 0 bridgehead atoms. The molecule has 1 aliphatic heterocycles. The van der Waals surface area contributed by atoms with E-state index in [-0.39, 0.29) is 18.4 Å². The highest BCUT2D eigenvalue weighted by Gasteiger charge is 2.17. The summed E-state index contributed by atoms with van der Waals surface area (Å²) in [7, 11) is 2.08. The van der Waals surface area contributed by atoms with E-state index >= 15 is 0 Å². The average molecular weight is 208 g/mol. The molecule has 0 aromatic carbocycles. The van der Waals surface area contributed by atoms with Crippen LogP contribution < -0.4 is 5.32 Å². The summed E-state index contributed by atoms with van der Waals surface area (Å²) in [6, 6.07) is 0.0746. The van der Waals surface area contributed by atoms with Crippen molar-refractivity contribution in [3.63, 3.8) is 0 Å². The van der Waals surface area contributed by atoms with Crippen LogP contribution in [0.25, 0.3) is 0 Å². The molecule has 78 valence electrons. The van der Waals surface area contributed by atoms with Gasteiger partial charge in [0.2, 0.25) is 0 Å². The average Bonchev–Trinajstić information content (AvgIpc) is 2.06. The molecule has 1 fully saturated rings. The third-order valence-electron chi connectivity index (χ3n) is 2.12. The second-order valence-corrected chi connectivity index (χ2v) is 3.13. The molecule has 2 amide bonds. The van der Waals surface area contributed by atoms with E-state index in [0.717, 1.165) is 26.2 Å². The largest absolute Gasteiger partial charge is 0.338 e. The molecule has 0 unspecified atom stereocenters. The Morgan fingerprint density at radius 1 is 1.31 bits per heavy atom. The number of carbonyl (C=O) groups is 1. The quantitative estimate of drug-likeness (QED) is 0.675. The number of hydrogen-bond donors (Lipinski definition) is 1. The van der Waals surface area contributed by atoms with Gasteiger partial charge < -0.3 is 15.1 Å². The van der Waals surface area contributed by atoms with Gasteiger partial charge in [-0.1, -0.05) is 0 Å². The molecule has 1 rings (SSSR count). The smallest absolute Gasteiger partial charge is 0.317 e. The van der Waals surface area contributed by atoms with Crippen molar-refractivity contribution in [2.45, 2.75) is 6.92 Å². The van der Waals surface area contributed by atoms with Crippen molar-refractivity contribution in [3.8, 4) is 0 Å². The lowest BCUT2D eigenvalue weighted by Crippen LogP contribution is -2.50. The minimum atomic E-state index is 0. The first-order valence-electron chi connectivity index (χ1n) is 4.45. The van der Waals surface area contributed by atoms with E-state index in [1.165, 1.54) is 0 Å². The maximum atomic E-state index is 11.3. The molecule has 0 aromatic heterocycles. The monoisotopic (exact) mass is 207 g/mol. The Morgan fingerprint density at radius 3 is 2.31 bits per heavy atom. The summed E-state index contributed by atoms with van der Waals surface area (Å²) in [5, 5.41) is 2.80. The number of piperazine rings is 1. The van der Waals surface area contributed by atoms with Crippen molar-refractivity contribution in [3.05, 3.63) is 0 Å². The van der Waals surface area contributed by atoms with E-state index in [0.29, 0.717) is 6.54 Å². The second-order valence-electron chi connectivity index (χ2n) is 3.13. The SMILES string of the molecule is CCNC(=O)N1CCN(C)CC1.Cl. The number of likely N-dealkylation sites (N-methyl/N-ethyl adjacent to an activating group) is 1. The van der Waals surface area contributed by atoms with Crippen molar-refractivity contribution >= 4 is 18.4 Å². The van der Waals surface area contributed by atoms with Gasteiger partial charge in [0.15, 0.2) is 0 Å². The van der Waals surface area contributed by atoms with Gasteiger partial charge in [-0.2, -0.15) is 0 Å². The number of urea groups is 1. The summed E-state index contributed by atoms with van der Waals surface area (Å²) in [6.07, 6.45) is 0. The lowest BCUT2D eigenvalue weighted by molar-refractivity contribution is 0.155. The van der Waals surface area contributed by atoms with Crippen LogP contribution in [0.1, 0.15) is 6.92 Å². The van der Waals surface area contributed by atoms with E-state index < -0.39 is 0 Å². The third kappa shape index (κ3) is 3.83. The zero-order valence-corrected chi connectivity index (χ0v) is 9.06. The fraction of sp³-hybridized carbons (Fsp3) is 0.875. The maximum Gasteiger partial charge on any atom is 0.317 e. The van der Waals surface area contributed by atoms with Gasteiger partial charge in [-0.3, -0.25) is 0 Å². The van der Waals surface area contributed by atoms with Gasteiger partial charge in [0.05, 0.1) is 0 Å². The van der Waals surface area contributed by atoms with Crippen LogP contribution in [0, 0.1) is 0 Å². The molecular formula is C8H18ClN3O. The second kappa shape index (κ2) is 6.05. The topological polar surface area (TPSA) is 35.6 Å². The first-order valence-corrected chi connectivity index (χ1v) is 4.45. The highest BCUT2D eigenvalue weighted by atomic mass is 35.5. The summed E-state index contributed by atoms with van der Waals surface area (Å²) < 4.78 is 0. The number of rotatable bonds is 1. The van der Waals surface area contributed by atoms with E-state index in [2.05, 4.69) is 17.3 Å². The van der Waals surface area contributed by atoms with Crippen molar-refractivity contribution in [1.82, 2.24) is 15.1 Å². The molecule has 1 N–H and O–H groups in total. The molecule has 0 spiro atoms. The van der Waals surface area contributed by atoms with Gasteiger partial charge in [0.25, 0.3) is 0 Å². The molecule has 1 heterocycles. The van der Waals surface area contributed by atoms with Crippen molar-refractivity contribution in [2.75, 3.05) is 39.8 Å². The number of carbonyl (C=O) groups excluding carboxylic acids is 1. The van der Waals surface area contributed by atoms with Gasteiger partial charge in [0.1, 0.15) is 0 Å². The van der Waals surface area contributed by atoms with E-state index in [1.54, 1.807) is 0 Å². The molecular weight excluding hydrogens is 190 g/mol. The van der Waals surface area contributed by atoms with Gasteiger partial charge >= 0.3 is 6.03 Å². The highest BCUT2D eigenvalue weighted by Crippen LogP contribution is 1.98. The molecule has 0 aliphatic carbocycles. The van der Waals surface area contributed by atoms with Crippen molar-refractivity contribution in [2.24, 2.45) is 0 Å². The minimum absolute atomic E-state index is 0. The number of nitrogens with zero attached hydrogens (tertiary/aromatic N) is 2. The summed E-state index contributed by atoms with van der Waals surface area (Å²) >= 11 is 0. The molecule has 5 heteroatoms. The predicted octanol–water partition coefficient (Wildman–Crippen LogP) is 0.385. The minimum Gasteiger partial charge on any atom is -0.338 e. The normalized spacial score (nSPS) is 17.8. The summed E-state index contributed by atoms with van der Waals surface area (Å²) in [6.45, 7) is 6.32. The fourth-order valence-corrected chi connectivity index (χ4v) is 1.27. The van der Waals surface area contributed by atoms with E-state index in [4.69, 9.17) is 0 Å². The Kier molecular flexibility index (Phi) is 5.82. The van der Waals surface area contributed by atoms with Crippen LogP contribution in [-0.4, -0.2) is 55.6 Å². The van der Waals surface area contributed by atoms with Crippen LogP contribution >= 0.6 is 12.4 Å². The number of halogens is 1. The van der Waals surface area contributed by atoms with Crippen LogP contribution in [-0.2, 0) is 0 Å². The summed E-state index contributed by atoms with van der Waals surface area (Å²) in [4.78, 5) is 15.4. The van der Waals surface area contributed by atoms with Crippen molar-refractivity contribution < 1.29 is 4.79 Å². The Balaban J connectivity index is 0.00000144. The maximum absolute atomic E-state index is 11.3. The van der Waals surface area contributed by atoms with Crippen LogP contribution in [0.2, 0.25) is 0 Å².